The number of halogens is 1. The lowest BCUT2D eigenvalue weighted by molar-refractivity contribution is 0.528. The van der Waals surface area contributed by atoms with Crippen molar-refractivity contribution in [2.24, 2.45) is 0 Å². The van der Waals surface area contributed by atoms with Crippen molar-refractivity contribution in [3.63, 3.8) is 0 Å². The van der Waals surface area contributed by atoms with Crippen LogP contribution >= 0.6 is 11.6 Å². The summed E-state index contributed by atoms with van der Waals surface area (Å²) in [5.41, 5.74) is 4.05. The fourth-order valence-electron chi connectivity index (χ4n) is 2.38. The van der Waals surface area contributed by atoms with Crippen LogP contribution in [-0.4, -0.2) is 6.54 Å². The van der Waals surface area contributed by atoms with Gasteiger partial charge in [0.1, 0.15) is 0 Å². The van der Waals surface area contributed by atoms with E-state index in [0.717, 1.165) is 24.4 Å². The summed E-state index contributed by atoms with van der Waals surface area (Å²) < 4.78 is 0. The highest BCUT2D eigenvalue weighted by Gasteiger charge is 2.12. The highest BCUT2D eigenvalue weighted by atomic mass is 35.5. The Morgan fingerprint density at radius 3 is 2.40 bits per heavy atom. The van der Waals surface area contributed by atoms with Crippen LogP contribution in [0.25, 0.3) is 0 Å². The molecule has 2 heteroatoms. The summed E-state index contributed by atoms with van der Waals surface area (Å²) in [6.07, 6.45) is 2.15. The zero-order valence-electron chi connectivity index (χ0n) is 12.2. The maximum Gasteiger partial charge on any atom is 0.0406 e. The van der Waals surface area contributed by atoms with Crippen LogP contribution in [0.1, 0.15) is 36.1 Å². The van der Waals surface area contributed by atoms with Crippen molar-refractivity contribution in [1.82, 2.24) is 5.32 Å². The second kappa shape index (κ2) is 7.47. The molecule has 1 unspecified atom stereocenters. The van der Waals surface area contributed by atoms with Gasteiger partial charge in [0.2, 0.25) is 0 Å². The molecular weight excluding hydrogens is 266 g/mol. The van der Waals surface area contributed by atoms with Gasteiger partial charge in [-0.25, -0.2) is 0 Å². The van der Waals surface area contributed by atoms with Crippen molar-refractivity contribution in [3.8, 4) is 0 Å². The molecule has 0 aliphatic rings. The van der Waals surface area contributed by atoms with Crippen LogP contribution in [0, 0.1) is 6.92 Å². The zero-order chi connectivity index (χ0) is 14.4. The minimum atomic E-state index is 0.341. The molecule has 0 fully saturated rings. The maximum absolute atomic E-state index is 5.99. The highest BCUT2D eigenvalue weighted by Crippen LogP contribution is 2.22. The number of hydrogen-bond donors (Lipinski definition) is 1. The van der Waals surface area contributed by atoms with Crippen LogP contribution in [0.4, 0.5) is 0 Å². The van der Waals surface area contributed by atoms with Gasteiger partial charge in [0.05, 0.1) is 0 Å². The Morgan fingerprint density at radius 1 is 1.05 bits per heavy atom. The van der Waals surface area contributed by atoms with Crippen LogP contribution in [0.5, 0.6) is 0 Å². The average Bonchev–Trinajstić information content (AvgIpc) is 2.46. The molecule has 0 saturated carbocycles. The van der Waals surface area contributed by atoms with Gasteiger partial charge in [0, 0.05) is 11.1 Å². The van der Waals surface area contributed by atoms with Gasteiger partial charge >= 0.3 is 0 Å². The molecule has 1 N–H and O–H groups in total. The van der Waals surface area contributed by atoms with Gasteiger partial charge in [0.25, 0.3) is 0 Å². The van der Waals surface area contributed by atoms with Crippen molar-refractivity contribution < 1.29 is 0 Å². The van der Waals surface area contributed by atoms with Crippen molar-refractivity contribution in [3.05, 3.63) is 70.2 Å². The predicted octanol–water partition coefficient (Wildman–Crippen LogP) is 4.93. The molecule has 0 heterocycles. The Balaban J connectivity index is 2.19. The Kier molecular flexibility index (Phi) is 5.63. The fraction of sp³-hybridized carbons (Fsp3) is 0.333. The Hall–Kier alpha value is -1.31. The first-order valence-electron chi connectivity index (χ1n) is 7.24. The molecule has 0 aliphatic carbocycles. The summed E-state index contributed by atoms with van der Waals surface area (Å²) in [6, 6.07) is 17.1. The van der Waals surface area contributed by atoms with E-state index in [1.165, 1.54) is 16.7 Å². The van der Waals surface area contributed by atoms with E-state index < -0.39 is 0 Å². The SMILES string of the molecule is CCCNC(Cc1ccccc1C)c1ccc(Cl)cc1. The minimum absolute atomic E-state index is 0.341. The van der Waals surface area contributed by atoms with Crippen LogP contribution in [0.3, 0.4) is 0 Å². The Bertz CT molecular complexity index is 533. The number of rotatable bonds is 6. The number of benzene rings is 2. The second-order valence-corrected chi connectivity index (χ2v) is 5.63. The highest BCUT2D eigenvalue weighted by molar-refractivity contribution is 6.30. The van der Waals surface area contributed by atoms with Crippen LogP contribution in [0.2, 0.25) is 5.02 Å². The standard InChI is InChI=1S/C18H22ClN/c1-3-12-20-18(15-8-10-17(19)11-9-15)13-16-7-5-4-6-14(16)2/h4-11,18,20H,3,12-13H2,1-2H3. The molecule has 2 aromatic rings. The van der Waals surface area contributed by atoms with Crippen LogP contribution in [-0.2, 0) is 6.42 Å². The number of nitrogens with one attached hydrogen (secondary N) is 1. The first-order chi connectivity index (χ1) is 9.70. The third kappa shape index (κ3) is 4.09. The van der Waals surface area contributed by atoms with Gasteiger partial charge in [-0.1, -0.05) is 54.9 Å². The second-order valence-electron chi connectivity index (χ2n) is 5.19. The molecule has 1 atom stereocenters. The molecule has 2 aromatic carbocycles. The lowest BCUT2D eigenvalue weighted by Crippen LogP contribution is -2.24. The van der Waals surface area contributed by atoms with Crippen molar-refractivity contribution in [1.29, 1.82) is 0 Å². The summed E-state index contributed by atoms with van der Waals surface area (Å²) in [6.45, 7) is 5.40. The van der Waals surface area contributed by atoms with E-state index in [1.807, 2.05) is 12.1 Å². The summed E-state index contributed by atoms with van der Waals surface area (Å²) >= 11 is 5.99. The molecule has 1 nitrogen and oxygen atoms in total. The number of aryl methyl sites for hydroxylation is 1. The van der Waals surface area contributed by atoms with E-state index in [4.69, 9.17) is 11.6 Å². The normalized spacial score (nSPS) is 12.3. The van der Waals surface area contributed by atoms with Gasteiger partial charge in [-0.15, -0.1) is 0 Å². The maximum atomic E-state index is 5.99. The largest absolute Gasteiger partial charge is 0.310 e. The van der Waals surface area contributed by atoms with E-state index in [2.05, 4.69) is 55.6 Å². The third-order valence-corrected chi connectivity index (χ3v) is 3.85. The minimum Gasteiger partial charge on any atom is -0.310 e. The molecule has 0 spiro atoms. The molecule has 0 aliphatic heterocycles. The molecule has 0 bridgehead atoms. The van der Waals surface area contributed by atoms with Gasteiger partial charge < -0.3 is 5.32 Å². The molecule has 106 valence electrons. The van der Waals surface area contributed by atoms with Gasteiger partial charge in [-0.2, -0.15) is 0 Å². The Labute approximate surface area is 127 Å². The molecule has 0 aromatic heterocycles. The van der Waals surface area contributed by atoms with E-state index in [1.54, 1.807) is 0 Å². The van der Waals surface area contributed by atoms with E-state index >= 15 is 0 Å². The Morgan fingerprint density at radius 2 is 1.75 bits per heavy atom. The molecular formula is C18H22ClN. The third-order valence-electron chi connectivity index (χ3n) is 3.60. The molecule has 20 heavy (non-hydrogen) atoms. The molecule has 2 rings (SSSR count). The number of hydrogen-bond acceptors (Lipinski definition) is 1. The fourth-order valence-corrected chi connectivity index (χ4v) is 2.51. The summed E-state index contributed by atoms with van der Waals surface area (Å²) in [5, 5.41) is 4.43. The van der Waals surface area contributed by atoms with Gasteiger partial charge in [-0.05, 0) is 55.1 Å². The summed E-state index contributed by atoms with van der Waals surface area (Å²) in [7, 11) is 0. The van der Waals surface area contributed by atoms with Crippen LogP contribution in [0.15, 0.2) is 48.5 Å². The summed E-state index contributed by atoms with van der Waals surface area (Å²) in [4.78, 5) is 0. The van der Waals surface area contributed by atoms with Crippen molar-refractivity contribution in [2.75, 3.05) is 6.54 Å². The molecule has 0 amide bonds. The monoisotopic (exact) mass is 287 g/mol. The van der Waals surface area contributed by atoms with Crippen molar-refractivity contribution >= 4 is 11.6 Å². The lowest BCUT2D eigenvalue weighted by Gasteiger charge is -2.20. The van der Waals surface area contributed by atoms with E-state index in [0.29, 0.717) is 6.04 Å². The van der Waals surface area contributed by atoms with Gasteiger partial charge in [0.15, 0.2) is 0 Å². The van der Waals surface area contributed by atoms with E-state index in [-0.39, 0.29) is 0 Å². The van der Waals surface area contributed by atoms with E-state index in [9.17, 15) is 0 Å². The van der Waals surface area contributed by atoms with Gasteiger partial charge in [-0.3, -0.25) is 0 Å². The molecule has 0 saturated heterocycles. The van der Waals surface area contributed by atoms with Crippen molar-refractivity contribution in [2.45, 2.75) is 32.7 Å². The lowest BCUT2D eigenvalue weighted by atomic mass is 9.96. The predicted molar refractivity (Wildman–Crippen MR) is 87.4 cm³/mol. The smallest absolute Gasteiger partial charge is 0.0406 e. The molecule has 0 radical (unpaired) electrons. The first-order valence-corrected chi connectivity index (χ1v) is 7.62. The topological polar surface area (TPSA) is 12.0 Å². The van der Waals surface area contributed by atoms with Crippen LogP contribution < -0.4 is 5.32 Å². The average molecular weight is 288 g/mol. The summed E-state index contributed by atoms with van der Waals surface area (Å²) in [5.74, 6) is 0. The first kappa shape index (κ1) is 15.1. The quantitative estimate of drug-likeness (QED) is 0.794. The zero-order valence-corrected chi connectivity index (χ0v) is 13.0.